The number of nitrogen functional groups attached to an aromatic ring is 1. The van der Waals surface area contributed by atoms with Crippen molar-refractivity contribution >= 4 is 29.1 Å². The third kappa shape index (κ3) is 1.69. The van der Waals surface area contributed by atoms with Gasteiger partial charge in [-0.3, -0.25) is 10.1 Å². The minimum Gasteiger partial charge on any atom is -0.453 e. The first-order valence-corrected chi connectivity index (χ1v) is 5.95. The summed E-state index contributed by atoms with van der Waals surface area (Å²) in [5.41, 5.74) is 7.35. The quantitative estimate of drug-likeness (QED) is 0.649. The Hall–Kier alpha value is -2.32. The van der Waals surface area contributed by atoms with Gasteiger partial charge in [-0.05, 0) is 12.1 Å². The lowest BCUT2D eigenvalue weighted by Gasteiger charge is -2.19. The molecule has 0 atom stereocenters. The lowest BCUT2D eigenvalue weighted by atomic mass is 10.0. The molecule has 0 unspecified atom stereocenters. The van der Waals surface area contributed by atoms with Crippen LogP contribution in [0.1, 0.15) is 5.56 Å². The number of carbonyl (C=O) groups excluding carboxylic acids is 2. The van der Waals surface area contributed by atoms with Crippen LogP contribution in [0.3, 0.4) is 0 Å². The Morgan fingerprint density at radius 1 is 1.45 bits per heavy atom. The number of carbonyl (C=O) groups is 2. The van der Waals surface area contributed by atoms with Crippen LogP contribution in [0.15, 0.2) is 12.1 Å². The number of amides is 2. The van der Waals surface area contributed by atoms with Gasteiger partial charge < -0.3 is 25.3 Å². The van der Waals surface area contributed by atoms with Crippen LogP contribution in [0, 0.1) is 0 Å². The van der Waals surface area contributed by atoms with Crippen molar-refractivity contribution in [2.24, 2.45) is 0 Å². The van der Waals surface area contributed by atoms with E-state index >= 15 is 0 Å². The number of anilines is 3. The zero-order chi connectivity index (χ0) is 14.3. The summed E-state index contributed by atoms with van der Waals surface area (Å²) in [6.45, 7) is 0.614. The van der Waals surface area contributed by atoms with Crippen LogP contribution in [-0.2, 0) is 24.8 Å². The van der Waals surface area contributed by atoms with Gasteiger partial charge in [-0.15, -0.1) is 0 Å². The highest BCUT2D eigenvalue weighted by atomic mass is 16.7. The summed E-state index contributed by atoms with van der Waals surface area (Å²) in [5, 5.41) is 5.13. The van der Waals surface area contributed by atoms with Gasteiger partial charge in [-0.25, -0.2) is 4.79 Å². The highest BCUT2D eigenvalue weighted by molar-refractivity contribution is 6.09. The number of ether oxygens (including phenoxy) is 3. The normalized spacial score (nSPS) is 18.8. The Labute approximate surface area is 114 Å². The molecule has 1 aromatic rings. The van der Waals surface area contributed by atoms with E-state index in [1.807, 2.05) is 0 Å². The SMILES string of the molecule is COC(=O)Nc1cc(N)cc2c1NC(=O)C21OCCO1. The topological polar surface area (TPSA) is 112 Å². The summed E-state index contributed by atoms with van der Waals surface area (Å²) < 4.78 is 15.4. The first-order chi connectivity index (χ1) is 9.56. The number of rotatable bonds is 1. The van der Waals surface area contributed by atoms with Gasteiger partial charge in [-0.2, -0.15) is 0 Å². The van der Waals surface area contributed by atoms with Gasteiger partial charge in [0.15, 0.2) is 0 Å². The van der Waals surface area contributed by atoms with Crippen LogP contribution in [0.25, 0.3) is 0 Å². The molecule has 0 aliphatic carbocycles. The summed E-state index contributed by atoms with van der Waals surface area (Å²) in [6, 6.07) is 3.10. The molecule has 8 heteroatoms. The second-order valence-electron chi connectivity index (χ2n) is 4.38. The Morgan fingerprint density at radius 2 is 2.15 bits per heavy atom. The number of fused-ring (bicyclic) bond motifs is 2. The maximum atomic E-state index is 12.1. The number of methoxy groups -OCH3 is 1. The summed E-state index contributed by atoms with van der Waals surface area (Å²) in [7, 11) is 1.24. The van der Waals surface area contributed by atoms with Crippen LogP contribution >= 0.6 is 0 Å². The molecule has 1 aromatic carbocycles. The Kier molecular flexibility index (Phi) is 2.77. The van der Waals surface area contributed by atoms with Crippen molar-refractivity contribution in [3.63, 3.8) is 0 Å². The summed E-state index contributed by atoms with van der Waals surface area (Å²) >= 11 is 0. The van der Waals surface area contributed by atoms with Gasteiger partial charge in [0.1, 0.15) is 0 Å². The van der Waals surface area contributed by atoms with Crippen molar-refractivity contribution in [1.29, 1.82) is 0 Å². The summed E-state index contributed by atoms with van der Waals surface area (Å²) in [6.07, 6.45) is -0.666. The average Bonchev–Trinajstić information content (AvgIpc) is 3.00. The van der Waals surface area contributed by atoms with Gasteiger partial charge in [0.2, 0.25) is 0 Å². The minimum atomic E-state index is -1.47. The third-order valence-electron chi connectivity index (χ3n) is 3.17. The molecule has 4 N–H and O–H groups in total. The van der Waals surface area contributed by atoms with Crippen molar-refractivity contribution in [3.05, 3.63) is 17.7 Å². The van der Waals surface area contributed by atoms with E-state index in [4.69, 9.17) is 15.2 Å². The molecule has 2 aliphatic heterocycles. The third-order valence-corrected chi connectivity index (χ3v) is 3.17. The number of hydrogen-bond acceptors (Lipinski definition) is 6. The zero-order valence-corrected chi connectivity index (χ0v) is 10.7. The fourth-order valence-electron chi connectivity index (χ4n) is 2.34. The van der Waals surface area contributed by atoms with Crippen LogP contribution in [0.2, 0.25) is 0 Å². The highest BCUT2D eigenvalue weighted by Crippen LogP contribution is 2.46. The van der Waals surface area contributed by atoms with Gasteiger partial charge >= 0.3 is 6.09 Å². The molecule has 2 heterocycles. The van der Waals surface area contributed by atoms with Gasteiger partial charge in [0, 0.05) is 11.3 Å². The number of benzene rings is 1. The Morgan fingerprint density at radius 3 is 2.80 bits per heavy atom. The largest absolute Gasteiger partial charge is 0.453 e. The second kappa shape index (κ2) is 4.36. The summed E-state index contributed by atoms with van der Waals surface area (Å²) in [4.78, 5) is 23.5. The molecule has 0 radical (unpaired) electrons. The molecular formula is C12H13N3O5. The molecule has 0 saturated carbocycles. The van der Waals surface area contributed by atoms with Crippen LogP contribution in [0.4, 0.5) is 21.9 Å². The van der Waals surface area contributed by atoms with E-state index < -0.39 is 17.8 Å². The molecule has 0 aromatic heterocycles. The van der Waals surface area contributed by atoms with E-state index in [-0.39, 0.29) is 0 Å². The molecule has 2 aliphatic rings. The maximum Gasteiger partial charge on any atom is 0.411 e. The Balaban J connectivity index is 2.09. The lowest BCUT2D eigenvalue weighted by molar-refractivity contribution is -0.178. The van der Waals surface area contributed by atoms with E-state index in [9.17, 15) is 9.59 Å². The summed E-state index contributed by atoms with van der Waals surface area (Å²) in [5.74, 6) is -1.92. The standard InChI is InChI=1S/C12H13N3O5/c1-18-11(17)14-8-5-6(13)4-7-9(8)15-10(16)12(7)19-2-3-20-12/h4-5H,2-3,13H2,1H3,(H,14,17)(H,15,16). The lowest BCUT2D eigenvalue weighted by Crippen LogP contribution is -2.35. The molecule has 8 nitrogen and oxygen atoms in total. The van der Waals surface area contributed by atoms with Gasteiger partial charge in [-0.1, -0.05) is 0 Å². The molecular weight excluding hydrogens is 266 g/mol. The van der Waals surface area contributed by atoms with Crippen molar-refractivity contribution in [2.75, 3.05) is 36.7 Å². The highest BCUT2D eigenvalue weighted by Gasteiger charge is 2.53. The van der Waals surface area contributed by atoms with Crippen LogP contribution < -0.4 is 16.4 Å². The fourth-order valence-corrected chi connectivity index (χ4v) is 2.34. The molecule has 106 valence electrons. The van der Waals surface area contributed by atoms with Crippen LogP contribution in [0.5, 0.6) is 0 Å². The number of nitrogens with two attached hydrogens (primary N) is 1. The smallest absolute Gasteiger partial charge is 0.411 e. The van der Waals surface area contributed by atoms with Gasteiger partial charge in [0.05, 0.1) is 31.7 Å². The first kappa shape index (κ1) is 12.7. The number of hydrogen-bond donors (Lipinski definition) is 3. The van der Waals surface area contributed by atoms with Crippen molar-refractivity contribution < 1.29 is 23.8 Å². The maximum absolute atomic E-state index is 12.1. The van der Waals surface area contributed by atoms with E-state index in [1.54, 1.807) is 6.07 Å². The molecule has 1 fully saturated rings. The van der Waals surface area contributed by atoms with E-state index in [0.717, 1.165) is 0 Å². The molecule has 2 amide bonds. The molecule has 0 bridgehead atoms. The molecule has 3 rings (SSSR count). The Bertz CT molecular complexity index is 595. The van der Waals surface area contributed by atoms with E-state index in [0.29, 0.717) is 35.8 Å². The second-order valence-corrected chi connectivity index (χ2v) is 4.38. The predicted molar refractivity (Wildman–Crippen MR) is 69.1 cm³/mol. The van der Waals surface area contributed by atoms with Crippen molar-refractivity contribution in [2.45, 2.75) is 5.79 Å². The monoisotopic (exact) mass is 279 g/mol. The molecule has 1 saturated heterocycles. The average molecular weight is 279 g/mol. The van der Waals surface area contributed by atoms with Crippen molar-refractivity contribution in [3.8, 4) is 0 Å². The van der Waals surface area contributed by atoms with E-state index in [1.165, 1.54) is 13.2 Å². The molecule has 20 heavy (non-hydrogen) atoms. The molecule has 1 spiro atoms. The first-order valence-electron chi connectivity index (χ1n) is 5.95. The minimum absolute atomic E-state index is 0.307. The fraction of sp³-hybridized carbons (Fsp3) is 0.333. The van der Waals surface area contributed by atoms with E-state index in [2.05, 4.69) is 15.4 Å². The zero-order valence-electron chi connectivity index (χ0n) is 10.7. The predicted octanol–water partition coefficient (Wildman–Crippen LogP) is 0.599. The number of nitrogens with one attached hydrogen (secondary N) is 2. The van der Waals surface area contributed by atoms with Gasteiger partial charge in [0.25, 0.3) is 11.7 Å². The van der Waals surface area contributed by atoms with Crippen molar-refractivity contribution in [1.82, 2.24) is 0 Å². The van der Waals surface area contributed by atoms with Crippen LogP contribution in [-0.4, -0.2) is 32.3 Å².